The van der Waals surface area contributed by atoms with Crippen molar-refractivity contribution in [3.8, 4) is 5.75 Å². The van der Waals surface area contributed by atoms with Crippen LogP contribution in [0.4, 0.5) is 16.4 Å². The number of carbonyl (C=O) groups excluding carboxylic acids is 1. The van der Waals surface area contributed by atoms with Gasteiger partial charge in [-0.2, -0.15) is 0 Å². The molecule has 0 aliphatic carbocycles. The summed E-state index contributed by atoms with van der Waals surface area (Å²) >= 11 is 0. The number of nitrogen functional groups attached to an aromatic ring is 1. The molecular weight excluding hydrogens is 262 g/mol. The minimum Gasteiger partial charge on any atom is -0.490 e. The minimum atomic E-state index is -0.277. The number of aromatic nitrogens is 2. The molecule has 0 unspecified atom stereocenters. The van der Waals surface area contributed by atoms with Crippen molar-refractivity contribution < 1.29 is 14.3 Å². The third kappa shape index (κ3) is 2.84. The third-order valence-corrected chi connectivity index (χ3v) is 3.12. The largest absolute Gasteiger partial charge is 0.490 e. The summed E-state index contributed by atoms with van der Waals surface area (Å²) in [7, 11) is 1.54. The molecule has 1 aromatic rings. The van der Waals surface area contributed by atoms with Gasteiger partial charge in [0.1, 0.15) is 6.33 Å². The van der Waals surface area contributed by atoms with E-state index in [1.54, 1.807) is 11.8 Å². The van der Waals surface area contributed by atoms with Gasteiger partial charge in [-0.3, -0.25) is 0 Å². The molecule has 2 heterocycles. The quantitative estimate of drug-likeness (QED) is 0.854. The molecule has 0 atom stereocenters. The molecule has 1 aliphatic rings. The van der Waals surface area contributed by atoms with Gasteiger partial charge >= 0.3 is 6.09 Å². The van der Waals surface area contributed by atoms with Crippen molar-refractivity contribution >= 4 is 17.7 Å². The van der Waals surface area contributed by atoms with E-state index in [1.807, 2.05) is 4.90 Å². The van der Waals surface area contributed by atoms with Crippen LogP contribution < -0.4 is 15.4 Å². The Morgan fingerprint density at radius 3 is 2.65 bits per heavy atom. The summed E-state index contributed by atoms with van der Waals surface area (Å²) in [5, 5.41) is 0. The van der Waals surface area contributed by atoms with Gasteiger partial charge in [-0.1, -0.05) is 0 Å². The average molecular weight is 281 g/mol. The van der Waals surface area contributed by atoms with E-state index in [0.717, 1.165) is 0 Å². The van der Waals surface area contributed by atoms with Crippen LogP contribution in [0, 0.1) is 0 Å². The van der Waals surface area contributed by atoms with Gasteiger partial charge < -0.3 is 25.0 Å². The van der Waals surface area contributed by atoms with E-state index in [9.17, 15) is 4.79 Å². The number of rotatable bonds is 3. The fraction of sp³-hybridized carbons (Fsp3) is 0.583. The average Bonchev–Trinajstić information content (AvgIpc) is 2.47. The van der Waals surface area contributed by atoms with Crippen molar-refractivity contribution in [2.45, 2.75) is 6.92 Å². The van der Waals surface area contributed by atoms with E-state index in [-0.39, 0.29) is 6.09 Å². The topological polar surface area (TPSA) is 93.8 Å². The van der Waals surface area contributed by atoms with Crippen molar-refractivity contribution in [2.75, 3.05) is 50.5 Å². The molecule has 0 radical (unpaired) electrons. The summed E-state index contributed by atoms with van der Waals surface area (Å²) in [5.74, 6) is 1.44. The van der Waals surface area contributed by atoms with E-state index in [2.05, 4.69) is 9.97 Å². The maximum atomic E-state index is 11.6. The molecule has 1 fully saturated rings. The molecule has 0 bridgehead atoms. The van der Waals surface area contributed by atoms with E-state index in [0.29, 0.717) is 50.2 Å². The molecule has 0 aromatic carbocycles. The van der Waals surface area contributed by atoms with Gasteiger partial charge in [0.25, 0.3) is 0 Å². The molecule has 0 spiro atoms. The lowest BCUT2D eigenvalue weighted by Gasteiger charge is -2.35. The Labute approximate surface area is 117 Å². The predicted octanol–water partition coefficient (Wildman–Crippen LogP) is 0.346. The second-order valence-electron chi connectivity index (χ2n) is 4.29. The maximum Gasteiger partial charge on any atom is 0.409 e. The Kier molecular flexibility index (Phi) is 4.44. The Morgan fingerprint density at radius 1 is 1.35 bits per heavy atom. The van der Waals surface area contributed by atoms with Gasteiger partial charge in [0.2, 0.25) is 5.75 Å². The second-order valence-corrected chi connectivity index (χ2v) is 4.29. The zero-order valence-corrected chi connectivity index (χ0v) is 11.7. The van der Waals surface area contributed by atoms with E-state index >= 15 is 0 Å². The molecular formula is C12H19N5O3. The fourth-order valence-corrected chi connectivity index (χ4v) is 2.11. The van der Waals surface area contributed by atoms with Gasteiger partial charge in [-0.05, 0) is 6.92 Å². The normalized spacial score (nSPS) is 15.1. The lowest BCUT2D eigenvalue weighted by molar-refractivity contribution is 0.105. The summed E-state index contributed by atoms with van der Waals surface area (Å²) in [6.07, 6.45) is 1.13. The van der Waals surface area contributed by atoms with Gasteiger partial charge in [0.15, 0.2) is 11.6 Å². The Bertz CT molecular complexity index is 474. The summed E-state index contributed by atoms with van der Waals surface area (Å²) in [4.78, 5) is 23.5. The number of nitrogens with two attached hydrogens (primary N) is 1. The first-order valence-corrected chi connectivity index (χ1v) is 6.48. The fourth-order valence-electron chi connectivity index (χ4n) is 2.11. The highest BCUT2D eigenvalue weighted by molar-refractivity contribution is 5.68. The monoisotopic (exact) mass is 281 g/mol. The zero-order valence-electron chi connectivity index (χ0n) is 11.7. The van der Waals surface area contributed by atoms with Crippen LogP contribution in [0.1, 0.15) is 6.92 Å². The number of carbonyl (C=O) groups is 1. The van der Waals surface area contributed by atoms with E-state index in [1.165, 1.54) is 13.4 Å². The van der Waals surface area contributed by atoms with Crippen molar-refractivity contribution in [1.29, 1.82) is 0 Å². The molecule has 0 saturated carbocycles. The lowest BCUT2D eigenvalue weighted by atomic mass is 10.3. The second kappa shape index (κ2) is 6.27. The molecule has 8 nitrogen and oxygen atoms in total. The molecule has 20 heavy (non-hydrogen) atoms. The van der Waals surface area contributed by atoms with Crippen LogP contribution in [0.25, 0.3) is 0 Å². The van der Waals surface area contributed by atoms with Gasteiger partial charge in [-0.25, -0.2) is 14.8 Å². The Morgan fingerprint density at radius 2 is 2.05 bits per heavy atom. The molecule has 2 rings (SSSR count). The molecule has 110 valence electrons. The molecule has 1 aliphatic heterocycles. The molecule has 1 saturated heterocycles. The first kappa shape index (κ1) is 14.2. The van der Waals surface area contributed by atoms with Crippen molar-refractivity contribution in [3.05, 3.63) is 6.33 Å². The third-order valence-electron chi connectivity index (χ3n) is 3.12. The summed E-state index contributed by atoms with van der Waals surface area (Å²) in [6.45, 7) is 4.62. The van der Waals surface area contributed by atoms with E-state index < -0.39 is 0 Å². The number of nitrogens with zero attached hydrogens (tertiary/aromatic N) is 4. The number of anilines is 2. The van der Waals surface area contributed by atoms with Crippen LogP contribution in [0.5, 0.6) is 5.75 Å². The standard InChI is InChI=1S/C12H19N5O3/c1-3-20-12(18)17-6-4-16(5-7-17)11-9(19-2)10(13)14-8-15-11/h8H,3-7H2,1-2H3,(H2,13,14,15). The SMILES string of the molecule is CCOC(=O)N1CCN(c2ncnc(N)c2OC)CC1. The number of amides is 1. The summed E-state index contributed by atoms with van der Waals surface area (Å²) in [5.41, 5.74) is 5.77. The number of hydrogen-bond acceptors (Lipinski definition) is 7. The highest BCUT2D eigenvalue weighted by atomic mass is 16.6. The van der Waals surface area contributed by atoms with Gasteiger partial charge in [0.05, 0.1) is 13.7 Å². The van der Waals surface area contributed by atoms with Crippen LogP contribution in [0.2, 0.25) is 0 Å². The lowest BCUT2D eigenvalue weighted by Crippen LogP contribution is -2.49. The van der Waals surface area contributed by atoms with Crippen molar-refractivity contribution in [3.63, 3.8) is 0 Å². The summed E-state index contributed by atoms with van der Waals surface area (Å²) in [6, 6.07) is 0. The van der Waals surface area contributed by atoms with Gasteiger partial charge in [0, 0.05) is 26.2 Å². The number of ether oxygens (including phenoxy) is 2. The van der Waals surface area contributed by atoms with Crippen LogP contribution in [0.3, 0.4) is 0 Å². The van der Waals surface area contributed by atoms with Crippen LogP contribution in [-0.2, 0) is 4.74 Å². The van der Waals surface area contributed by atoms with Crippen molar-refractivity contribution in [1.82, 2.24) is 14.9 Å². The molecule has 8 heteroatoms. The number of piperazine rings is 1. The predicted molar refractivity (Wildman–Crippen MR) is 73.8 cm³/mol. The highest BCUT2D eigenvalue weighted by Crippen LogP contribution is 2.30. The van der Waals surface area contributed by atoms with Gasteiger partial charge in [-0.15, -0.1) is 0 Å². The van der Waals surface area contributed by atoms with Crippen LogP contribution >= 0.6 is 0 Å². The summed E-state index contributed by atoms with van der Waals surface area (Å²) < 4.78 is 10.2. The first-order chi connectivity index (χ1) is 9.67. The minimum absolute atomic E-state index is 0.277. The number of methoxy groups -OCH3 is 1. The molecule has 1 amide bonds. The highest BCUT2D eigenvalue weighted by Gasteiger charge is 2.25. The first-order valence-electron chi connectivity index (χ1n) is 6.48. The molecule has 1 aromatic heterocycles. The van der Waals surface area contributed by atoms with Crippen molar-refractivity contribution in [2.24, 2.45) is 0 Å². The van der Waals surface area contributed by atoms with Crippen LogP contribution in [-0.4, -0.2) is 60.9 Å². The molecule has 2 N–H and O–H groups in total. The number of hydrogen-bond donors (Lipinski definition) is 1. The Balaban J connectivity index is 2.04. The maximum absolute atomic E-state index is 11.6. The zero-order chi connectivity index (χ0) is 14.5. The van der Waals surface area contributed by atoms with E-state index in [4.69, 9.17) is 15.2 Å². The smallest absolute Gasteiger partial charge is 0.409 e. The van der Waals surface area contributed by atoms with Crippen LogP contribution in [0.15, 0.2) is 6.33 Å². The Hall–Kier alpha value is -2.25.